The Hall–Kier alpha value is -2.63. The quantitative estimate of drug-likeness (QED) is 0.859. The van der Waals surface area contributed by atoms with Gasteiger partial charge in [0.2, 0.25) is 5.91 Å². The molecule has 2 rings (SSSR count). The van der Waals surface area contributed by atoms with Crippen molar-refractivity contribution in [3.8, 4) is 0 Å². The van der Waals surface area contributed by atoms with E-state index in [1.807, 2.05) is 0 Å². The summed E-state index contributed by atoms with van der Waals surface area (Å²) in [5.41, 5.74) is 1.72. The summed E-state index contributed by atoms with van der Waals surface area (Å²) in [6.45, 7) is 6.81. The maximum absolute atomic E-state index is 12.3. The van der Waals surface area contributed by atoms with E-state index in [0.717, 1.165) is 0 Å². The highest BCUT2D eigenvalue weighted by atomic mass is 16.4. The molecule has 2 unspecified atom stereocenters. The Morgan fingerprint density at radius 1 is 1.27 bits per heavy atom. The van der Waals surface area contributed by atoms with E-state index < -0.39 is 23.8 Å². The fraction of sp³-hybridized carbons (Fsp3) is 0.312. The summed E-state index contributed by atoms with van der Waals surface area (Å²) in [6, 6.07) is 6.50. The van der Waals surface area contributed by atoms with Crippen LogP contribution < -0.4 is 5.32 Å². The molecule has 2 atom stereocenters. The summed E-state index contributed by atoms with van der Waals surface area (Å²) in [4.78, 5) is 36.5. The lowest BCUT2D eigenvalue weighted by atomic mass is 10.0. The Bertz CT molecular complexity index is 618. The fourth-order valence-electron chi connectivity index (χ4n) is 2.28. The summed E-state index contributed by atoms with van der Waals surface area (Å²) in [5.74, 6) is -2.38. The molecule has 1 aromatic carbocycles. The van der Waals surface area contributed by atoms with Crippen molar-refractivity contribution in [2.24, 2.45) is 5.92 Å². The smallest absolute Gasteiger partial charge is 0.308 e. The topological polar surface area (TPSA) is 86.7 Å². The van der Waals surface area contributed by atoms with Crippen LogP contribution in [0.2, 0.25) is 0 Å². The van der Waals surface area contributed by atoms with Crippen molar-refractivity contribution in [1.29, 1.82) is 0 Å². The molecule has 1 aliphatic rings. The van der Waals surface area contributed by atoms with Crippen molar-refractivity contribution in [1.82, 2.24) is 10.2 Å². The molecule has 22 heavy (non-hydrogen) atoms. The number of amides is 2. The lowest BCUT2D eigenvalue weighted by molar-refractivity contribution is -0.142. The summed E-state index contributed by atoms with van der Waals surface area (Å²) in [6.07, 6.45) is 0. The Morgan fingerprint density at radius 2 is 1.86 bits per heavy atom. The molecular formula is C16H18N2O4. The first-order chi connectivity index (χ1) is 10.3. The second-order valence-corrected chi connectivity index (χ2v) is 5.37. The van der Waals surface area contributed by atoms with Crippen molar-refractivity contribution < 1.29 is 19.5 Å². The Morgan fingerprint density at radius 3 is 2.41 bits per heavy atom. The Balaban J connectivity index is 2.03. The highest BCUT2D eigenvalue weighted by molar-refractivity contribution is 6.10. The Kier molecular flexibility index (Phi) is 4.30. The lowest BCUT2D eigenvalue weighted by Gasteiger charge is -2.21. The zero-order chi connectivity index (χ0) is 16.4. The number of nitrogens with zero attached hydrogens (tertiary/aromatic N) is 1. The van der Waals surface area contributed by atoms with E-state index in [2.05, 4.69) is 11.9 Å². The molecule has 1 heterocycles. The summed E-state index contributed by atoms with van der Waals surface area (Å²) in [7, 11) is 0. The molecule has 0 aromatic heterocycles. The number of carbonyl (C=O) groups excluding carboxylic acids is 2. The van der Waals surface area contributed by atoms with Gasteiger partial charge in [0.1, 0.15) is 6.54 Å². The minimum Gasteiger partial charge on any atom is -0.481 e. The molecule has 0 fully saturated rings. The van der Waals surface area contributed by atoms with Crippen LogP contribution in [-0.2, 0) is 9.59 Å². The van der Waals surface area contributed by atoms with Gasteiger partial charge in [-0.1, -0.05) is 24.8 Å². The van der Waals surface area contributed by atoms with Gasteiger partial charge in [0, 0.05) is 22.9 Å². The van der Waals surface area contributed by atoms with E-state index in [1.54, 1.807) is 31.2 Å². The third-order valence-electron chi connectivity index (χ3n) is 3.87. The zero-order valence-electron chi connectivity index (χ0n) is 12.5. The van der Waals surface area contributed by atoms with Crippen LogP contribution in [0.5, 0.6) is 0 Å². The number of fused-ring (bicyclic) bond motifs is 1. The average molecular weight is 302 g/mol. The van der Waals surface area contributed by atoms with E-state index in [-0.39, 0.29) is 12.5 Å². The molecule has 0 radical (unpaired) electrons. The van der Waals surface area contributed by atoms with E-state index in [4.69, 9.17) is 5.11 Å². The first-order valence-corrected chi connectivity index (χ1v) is 6.95. The molecule has 0 spiro atoms. The van der Waals surface area contributed by atoms with Crippen molar-refractivity contribution in [2.45, 2.75) is 19.9 Å². The third kappa shape index (κ3) is 2.86. The number of hydrogen-bond donors (Lipinski definition) is 2. The maximum Gasteiger partial charge on any atom is 0.308 e. The minimum absolute atomic E-state index is 0.178. The molecule has 116 valence electrons. The van der Waals surface area contributed by atoms with Crippen LogP contribution in [-0.4, -0.2) is 40.4 Å². The second-order valence-electron chi connectivity index (χ2n) is 5.37. The highest BCUT2D eigenvalue weighted by Gasteiger charge is 2.32. The number of rotatable bonds is 5. The number of nitrogens with one attached hydrogen (secondary N) is 1. The van der Waals surface area contributed by atoms with Gasteiger partial charge in [-0.3, -0.25) is 19.3 Å². The number of aliphatic carboxylic acids is 1. The highest BCUT2D eigenvalue weighted by Crippen LogP contribution is 2.30. The van der Waals surface area contributed by atoms with Crippen LogP contribution in [0.25, 0.3) is 5.70 Å². The first kappa shape index (κ1) is 15.8. The van der Waals surface area contributed by atoms with Gasteiger partial charge in [-0.2, -0.15) is 0 Å². The molecule has 2 N–H and O–H groups in total. The predicted molar refractivity (Wildman–Crippen MR) is 80.9 cm³/mol. The molecular weight excluding hydrogens is 284 g/mol. The number of benzene rings is 1. The van der Waals surface area contributed by atoms with Gasteiger partial charge in [-0.05, 0) is 19.9 Å². The summed E-state index contributed by atoms with van der Waals surface area (Å²) >= 11 is 0. The molecule has 0 saturated carbocycles. The molecule has 6 nitrogen and oxygen atoms in total. The van der Waals surface area contributed by atoms with Crippen molar-refractivity contribution >= 4 is 23.5 Å². The van der Waals surface area contributed by atoms with Crippen LogP contribution >= 0.6 is 0 Å². The number of carbonyl (C=O) groups is 3. The SMILES string of the molecule is C=C1c2ccccc2C(=O)N1CC(=O)NC(C)C(C)C(=O)O. The van der Waals surface area contributed by atoms with Crippen molar-refractivity contribution in [3.63, 3.8) is 0 Å². The molecule has 0 bridgehead atoms. The second kappa shape index (κ2) is 6.01. The summed E-state index contributed by atoms with van der Waals surface area (Å²) in [5, 5.41) is 11.5. The van der Waals surface area contributed by atoms with Crippen LogP contribution in [0.15, 0.2) is 30.8 Å². The van der Waals surface area contributed by atoms with Gasteiger partial charge in [-0.15, -0.1) is 0 Å². The first-order valence-electron chi connectivity index (χ1n) is 6.95. The largest absolute Gasteiger partial charge is 0.481 e. The molecule has 0 aliphatic carbocycles. The predicted octanol–water partition coefficient (Wildman–Crippen LogP) is 1.34. The van der Waals surface area contributed by atoms with Crippen molar-refractivity contribution in [3.05, 3.63) is 42.0 Å². The van der Waals surface area contributed by atoms with E-state index >= 15 is 0 Å². The lowest BCUT2D eigenvalue weighted by Crippen LogP contribution is -2.44. The summed E-state index contributed by atoms with van der Waals surface area (Å²) < 4.78 is 0. The minimum atomic E-state index is -0.984. The van der Waals surface area contributed by atoms with Gasteiger partial charge in [-0.25, -0.2) is 0 Å². The van der Waals surface area contributed by atoms with Gasteiger partial charge in [0.25, 0.3) is 5.91 Å². The van der Waals surface area contributed by atoms with Crippen LogP contribution in [0.3, 0.4) is 0 Å². The maximum atomic E-state index is 12.3. The average Bonchev–Trinajstić information content (AvgIpc) is 2.72. The molecule has 1 aromatic rings. The molecule has 6 heteroatoms. The van der Waals surface area contributed by atoms with Crippen LogP contribution in [0.4, 0.5) is 0 Å². The van der Waals surface area contributed by atoms with Gasteiger partial charge in [0.05, 0.1) is 5.92 Å². The molecule has 1 aliphatic heterocycles. The normalized spacial score (nSPS) is 16.2. The molecule has 0 saturated heterocycles. The van der Waals surface area contributed by atoms with Gasteiger partial charge >= 0.3 is 5.97 Å². The van der Waals surface area contributed by atoms with Crippen molar-refractivity contribution in [2.75, 3.05) is 6.54 Å². The monoisotopic (exact) mass is 302 g/mol. The number of carboxylic acid groups (broad SMARTS) is 1. The van der Waals surface area contributed by atoms with E-state index in [1.165, 1.54) is 11.8 Å². The van der Waals surface area contributed by atoms with E-state index in [9.17, 15) is 14.4 Å². The van der Waals surface area contributed by atoms with Crippen LogP contribution in [0.1, 0.15) is 29.8 Å². The van der Waals surface area contributed by atoms with Gasteiger partial charge in [0.15, 0.2) is 0 Å². The molecule has 2 amide bonds. The number of hydrogen-bond acceptors (Lipinski definition) is 3. The number of carboxylic acids is 1. The fourth-order valence-corrected chi connectivity index (χ4v) is 2.28. The van der Waals surface area contributed by atoms with Gasteiger partial charge < -0.3 is 10.4 Å². The van der Waals surface area contributed by atoms with E-state index in [0.29, 0.717) is 16.8 Å². The van der Waals surface area contributed by atoms with Crippen LogP contribution in [0, 0.1) is 5.92 Å². The zero-order valence-corrected chi connectivity index (χ0v) is 12.5. The standard InChI is InChI=1S/C16H18N2O4/c1-9(16(21)22)10(2)17-14(19)8-18-11(3)12-6-4-5-7-13(12)15(18)20/h4-7,9-10H,3,8H2,1-2H3,(H,17,19)(H,21,22). The third-order valence-corrected chi connectivity index (χ3v) is 3.87. The Labute approximate surface area is 128 Å².